The summed E-state index contributed by atoms with van der Waals surface area (Å²) in [4.78, 5) is 11.9. The number of carbonyl (C=O) groups excluding carboxylic acids is 1. The first-order chi connectivity index (χ1) is 8.69. The first kappa shape index (κ1) is 15.5. The van der Waals surface area contributed by atoms with Crippen LogP contribution in [0.2, 0.25) is 0 Å². The summed E-state index contributed by atoms with van der Waals surface area (Å²) in [5.74, 6) is 0.197. The smallest absolute Gasteiger partial charge is 0.251 e. The quantitative estimate of drug-likeness (QED) is 0.866. The van der Waals surface area contributed by atoms with Crippen LogP contribution in [0.25, 0.3) is 0 Å². The zero-order valence-corrected chi connectivity index (χ0v) is 12.4. The zero-order chi connectivity index (χ0) is 14.6. The molecule has 0 aliphatic carbocycles. The standard InChI is InChI=1S/C13H20N2O3S/c1-9(2)10(3)14-13(16)11-5-7-12(8-6-11)15-19(4,17)18/h5-10,15H,1-4H3,(H,14,16). The molecular weight excluding hydrogens is 264 g/mol. The van der Waals surface area contributed by atoms with E-state index in [1.807, 2.05) is 20.8 Å². The van der Waals surface area contributed by atoms with Crippen molar-refractivity contribution < 1.29 is 13.2 Å². The maximum atomic E-state index is 11.9. The highest BCUT2D eigenvalue weighted by Gasteiger charge is 2.12. The minimum Gasteiger partial charge on any atom is -0.349 e. The Labute approximate surface area is 114 Å². The molecule has 5 nitrogen and oxygen atoms in total. The molecule has 6 heteroatoms. The summed E-state index contributed by atoms with van der Waals surface area (Å²) in [6.45, 7) is 6.01. The maximum Gasteiger partial charge on any atom is 0.251 e. The lowest BCUT2D eigenvalue weighted by molar-refractivity contribution is 0.0930. The monoisotopic (exact) mass is 284 g/mol. The highest BCUT2D eigenvalue weighted by atomic mass is 32.2. The summed E-state index contributed by atoms with van der Waals surface area (Å²) in [5, 5.41) is 2.89. The van der Waals surface area contributed by atoms with Gasteiger partial charge in [0.05, 0.1) is 6.26 Å². The number of hydrogen-bond donors (Lipinski definition) is 2. The molecule has 1 amide bonds. The van der Waals surface area contributed by atoms with Crippen molar-refractivity contribution in [3.8, 4) is 0 Å². The van der Waals surface area contributed by atoms with Crippen LogP contribution in [0.3, 0.4) is 0 Å². The second-order valence-electron chi connectivity index (χ2n) is 4.96. The minimum atomic E-state index is -3.29. The number of anilines is 1. The fourth-order valence-electron chi connectivity index (χ4n) is 1.36. The van der Waals surface area contributed by atoms with Gasteiger partial charge in [-0.3, -0.25) is 9.52 Å². The average molecular weight is 284 g/mol. The van der Waals surface area contributed by atoms with Crippen molar-refractivity contribution in [2.75, 3.05) is 11.0 Å². The fourth-order valence-corrected chi connectivity index (χ4v) is 1.92. The van der Waals surface area contributed by atoms with Gasteiger partial charge in [-0.1, -0.05) is 13.8 Å². The highest BCUT2D eigenvalue weighted by molar-refractivity contribution is 7.92. The van der Waals surface area contributed by atoms with Gasteiger partial charge in [0.2, 0.25) is 10.0 Å². The number of sulfonamides is 1. The molecule has 1 atom stereocenters. The minimum absolute atomic E-state index is 0.0846. The van der Waals surface area contributed by atoms with Gasteiger partial charge in [-0.05, 0) is 37.1 Å². The molecular formula is C13H20N2O3S. The van der Waals surface area contributed by atoms with Gasteiger partial charge < -0.3 is 5.32 Å². The topological polar surface area (TPSA) is 75.3 Å². The first-order valence-electron chi connectivity index (χ1n) is 6.08. The van der Waals surface area contributed by atoms with Gasteiger partial charge in [-0.25, -0.2) is 8.42 Å². The number of benzene rings is 1. The fraction of sp³-hybridized carbons (Fsp3) is 0.462. The van der Waals surface area contributed by atoms with Gasteiger partial charge in [0.15, 0.2) is 0 Å². The Balaban J connectivity index is 2.74. The molecule has 0 radical (unpaired) electrons. The van der Waals surface area contributed by atoms with E-state index in [2.05, 4.69) is 10.0 Å². The van der Waals surface area contributed by atoms with Crippen LogP contribution in [0.15, 0.2) is 24.3 Å². The molecule has 0 saturated heterocycles. The molecule has 0 aromatic heterocycles. The lowest BCUT2D eigenvalue weighted by Crippen LogP contribution is -2.36. The summed E-state index contributed by atoms with van der Waals surface area (Å²) in [6, 6.07) is 6.40. The first-order valence-corrected chi connectivity index (χ1v) is 7.97. The van der Waals surface area contributed by atoms with E-state index in [0.717, 1.165) is 6.26 Å². The number of amides is 1. The van der Waals surface area contributed by atoms with Crippen LogP contribution in [-0.2, 0) is 10.0 Å². The number of hydrogen-bond acceptors (Lipinski definition) is 3. The molecule has 1 aromatic rings. The van der Waals surface area contributed by atoms with Crippen LogP contribution < -0.4 is 10.0 Å². The molecule has 19 heavy (non-hydrogen) atoms. The van der Waals surface area contributed by atoms with Gasteiger partial charge in [0.1, 0.15) is 0 Å². The summed E-state index contributed by atoms with van der Waals surface area (Å²) in [7, 11) is -3.29. The van der Waals surface area contributed by atoms with Gasteiger partial charge >= 0.3 is 0 Å². The van der Waals surface area contributed by atoms with Gasteiger partial charge in [-0.15, -0.1) is 0 Å². The largest absolute Gasteiger partial charge is 0.349 e. The SMILES string of the molecule is CC(C)C(C)NC(=O)c1ccc(NS(C)(=O)=O)cc1. The van der Waals surface area contributed by atoms with E-state index in [1.165, 1.54) is 0 Å². The van der Waals surface area contributed by atoms with Gasteiger partial charge in [-0.2, -0.15) is 0 Å². The molecule has 1 rings (SSSR count). The predicted molar refractivity (Wildman–Crippen MR) is 76.7 cm³/mol. The molecule has 0 bridgehead atoms. The molecule has 1 unspecified atom stereocenters. The molecule has 0 fully saturated rings. The van der Waals surface area contributed by atoms with Crippen LogP contribution in [0.5, 0.6) is 0 Å². The number of nitrogens with one attached hydrogen (secondary N) is 2. The van der Waals surface area contributed by atoms with E-state index in [0.29, 0.717) is 17.2 Å². The van der Waals surface area contributed by atoms with E-state index >= 15 is 0 Å². The second-order valence-corrected chi connectivity index (χ2v) is 6.71. The third kappa shape index (κ3) is 5.30. The lowest BCUT2D eigenvalue weighted by Gasteiger charge is -2.17. The van der Waals surface area contributed by atoms with Crippen molar-refractivity contribution in [3.63, 3.8) is 0 Å². The molecule has 0 aliphatic heterocycles. The Bertz CT molecular complexity index is 536. The Morgan fingerprint density at radius 2 is 1.63 bits per heavy atom. The highest BCUT2D eigenvalue weighted by Crippen LogP contribution is 2.11. The van der Waals surface area contributed by atoms with Crippen molar-refractivity contribution in [2.45, 2.75) is 26.8 Å². The van der Waals surface area contributed by atoms with Crippen LogP contribution >= 0.6 is 0 Å². The van der Waals surface area contributed by atoms with Crippen molar-refractivity contribution in [2.24, 2.45) is 5.92 Å². The molecule has 2 N–H and O–H groups in total. The molecule has 0 heterocycles. The number of carbonyl (C=O) groups is 1. The molecule has 0 aliphatic rings. The third-order valence-corrected chi connectivity index (χ3v) is 3.42. The van der Waals surface area contributed by atoms with Gasteiger partial charge in [0.25, 0.3) is 5.91 Å². The maximum absolute atomic E-state index is 11.9. The Morgan fingerprint density at radius 3 is 2.05 bits per heavy atom. The summed E-state index contributed by atoms with van der Waals surface area (Å²) < 4.78 is 24.4. The van der Waals surface area contributed by atoms with Crippen molar-refractivity contribution in [1.82, 2.24) is 5.32 Å². The average Bonchev–Trinajstić information content (AvgIpc) is 2.27. The molecule has 1 aromatic carbocycles. The lowest BCUT2D eigenvalue weighted by atomic mass is 10.1. The summed E-state index contributed by atoms with van der Waals surface area (Å²) in [5.41, 5.74) is 0.947. The van der Waals surface area contributed by atoms with E-state index in [9.17, 15) is 13.2 Å². The molecule has 106 valence electrons. The Kier molecular flexibility index (Phi) is 4.94. The van der Waals surface area contributed by atoms with E-state index in [4.69, 9.17) is 0 Å². The Hall–Kier alpha value is -1.56. The van der Waals surface area contributed by atoms with Crippen molar-refractivity contribution >= 4 is 21.6 Å². The third-order valence-electron chi connectivity index (χ3n) is 2.81. The van der Waals surface area contributed by atoms with Crippen LogP contribution in [0.4, 0.5) is 5.69 Å². The van der Waals surface area contributed by atoms with Crippen LogP contribution in [-0.4, -0.2) is 26.6 Å². The summed E-state index contributed by atoms with van der Waals surface area (Å²) >= 11 is 0. The molecule has 0 spiro atoms. The number of rotatable bonds is 5. The van der Waals surface area contributed by atoms with Gasteiger partial charge in [0, 0.05) is 17.3 Å². The van der Waals surface area contributed by atoms with Crippen molar-refractivity contribution in [1.29, 1.82) is 0 Å². The van der Waals surface area contributed by atoms with Crippen molar-refractivity contribution in [3.05, 3.63) is 29.8 Å². The second kappa shape index (κ2) is 6.06. The Morgan fingerprint density at radius 1 is 1.11 bits per heavy atom. The van der Waals surface area contributed by atoms with E-state index in [-0.39, 0.29) is 11.9 Å². The molecule has 0 saturated carbocycles. The summed E-state index contributed by atoms with van der Waals surface area (Å²) in [6.07, 6.45) is 1.08. The van der Waals surface area contributed by atoms with E-state index in [1.54, 1.807) is 24.3 Å². The van der Waals surface area contributed by atoms with E-state index < -0.39 is 10.0 Å². The zero-order valence-electron chi connectivity index (χ0n) is 11.6. The predicted octanol–water partition coefficient (Wildman–Crippen LogP) is 1.83. The van der Waals surface area contributed by atoms with Crippen LogP contribution in [0.1, 0.15) is 31.1 Å². The normalized spacial score (nSPS) is 13.1. The van der Waals surface area contributed by atoms with Crippen LogP contribution in [0, 0.1) is 5.92 Å².